The quantitative estimate of drug-likeness (QED) is 0.270. The van der Waals surface area contributed by atoms with Gasteiger partial charge in [0.2, 0.25) is 0 Å². The predicted molar refractivity (Wildman–Crippen MR) is 17.0 cm³/mol. The summed E-state index contributed by atoms with van der Waals surface area (Å²) in [5.74, 6) is 0. The number of hydrogen-bond donors (Lipinski definition) is 0. The van der Waals surface area contributed by atoms with Gasteiger partial charge in [0, 0.05) is 6.61 Å². The molecule has 0 radical (unpaired) electrons. The van der Waals surface area contributed by atoms with Gasteiger partial charge in [-0.25, -0.2) is 0 Å². The fourth-order valence-electron chi connectivity index (χ4n) is 0.118. The van der Waals surface area contributed by atoms with Gasteiger partial charge in [0.1, 0.15) is 0 Å². The average molecular weight is 128 g/mol. The van der Waals surface area contributed by atoms with E-state index in [2.05, 4.69) is 4.74 Å². The Morgan fingerprint density at radius 1 is 1.86 bits per heavy atom. The standard InChI is InChI=1S/C3H6O3.K/c1-2-6-3(4)5;/h2H2,1H3,(H,4,5);/q;+1/p-1. The summed E-state index contributed by atoms with van der Waals surface area (Å²) in [6.07, 6.45) is -1.46. The van der Waals surface area contributed by atoms with Gasteiger partial charge in [-0.15, -0.1) is 0 Å². The maximum atomic E-state index is 9.27. The van der Waals surface area contributed by atoms with Crippen LogP contribution in [-0.2, 0) is 4.74 Å². The average Bonchev–Trinajstić information content (AvgIpc) is 1.35. The Balaban J connectivity index is 0. The Morgan fingerprint density at radius 2 is 2.29 bits per heavy atom. The first-order valence-corrected chi connectivity index (χ1v) is 1.61. The second-order valence-corrected chi connectivity index (χ2v) is 0.683. The van der Waals surface area contributed by atoms with Crippen LogP contribution in [0.5, 0.6) is 0 Å². The molecule has 0 aromatic heterocycles. The van der Waals surface area contributed by atoms with Gasteiger partial charge in [0.15, 0.2) is 0 Å². The van der Waals surface area contributed by atoms with E-state index in [1.807, 2.05) is 0 Å². The molecule has 0 atom stereocenters. The maximum Gasteiger partial charge on any atom is 1.00 e. The zero-order valence-corrected chi connectivity index (χ0v) is 7.55. The van der Waals surface area contributed by atoms with Crippen molar-refractivity contribution in [1.82, 2.24) is 0 Å². The smallest absolute Gasteiger partial charge is 0.550 e. The molecule has 0 saturated heterocycles. The number of carbonyl (C=O) groups excluding carboxylic acids is 1. The van der Waals surface area contributed by atoms with Crippen LogP contribution in [0.1, 0.15) is 6.92 Å². The van der Waals surface area contributed by atoms with E-state index in [4.69, 9.17) is 0 Å². The number of carbonyl (C=O) groups is 1. The first kappa shape index (κ1) is 10.8. The molecule has 0 unspecified atom stereocenters. The summed E-state index contributed by atoms with van der Waals surface area (Å²) in [5.41, 5.74) is 0. The number of carboxylic acid groups (broad SMARTS) is 1. The molecule has 4 heteroatoms. The molecule has 0 aromatic rings. The van der Waals surface area contributed by atoms with Gasteiger partial charge in [-0.3, -0.25) is 0 Å². The zero-order valence-electron chi connectivity index (χ0n) is 4.43. The molecule has 0 amide bonds. The molecule has 0 aliphatic heterocycles. The van der Waals surface area contributed by atoms with E-state index in [0.29, 0.717) is 0 Å². The Hall–Kier alpha value is 0.906. The second kappa shape index (κ2) is 6.91. The zero-order chi connectivity index (χ0) is 4.99. The van der Waals surface area contributed by atoms with E-state index >= 15 is 0 Å². The molecule has 0 aromatic carbocycles. The van der Waals surface area contributed by atoms with Gasteiger partial charge in [0.25, 0.3) is 6.16 Å². The van der Waals surface area contributed by atoms with Crippen molar-refractivity contribution in [3.05, 3.63) is 0 Å². The molecule has 0 fully saturated rings. The van der Waals surface area contributed by atoms with Crippen LogP contribution in [0.15, 0.2) is 0 Å². The van der Waals surface area contributed by atoms with E-state index < -0.39 is 6.16 Å². The Labute approximate surface area is 84.5 Å². The van der Waals surface area contributed by atoms with Crippen molar-refractivity contribution in [2.75, 3.05) is 6.61 Å². The first-order valence-electron chi connectivity index (χ1n) is 1.61. The molecule has 3 nitrogen and oxygen atoms in total. The van der Waals surface area contributed by atoms with Gasteiger partial charge in [-0.1, -0.05) is 0 Å². The van der Waals surface area contributed by atoms with Gasteiger partial charge in [-0.2, -0.15) is 0 Å². The normalized spacial score (nSPS) is 6.43. The van der Waals surface area contributed by atoms with Crippen LogP contribution in [0, 0.1) is 0 Å². The fourth-order valence-corrected chi connectivity index (χ4v) is 0.118. The molecule has 7 heavy (non-hydrogen) atoms. The van der Waals surface area contributed by atoms with Gasteiger partial charge in [-0.05, 0) is 6.92 Å². The van der Waals surface area contributed by atoms with E-state index in [0.717, 1.165) is 0 Å². The largest absolute Gasteiger partial charge is 1.00 e. The minimum absolute atomic E-state index is 0. The van der Waals surface area contributed by atoms with Gasteiger partial charge >= 0.3 is 51.4 Å². The van der Waals surface area contributed by atoms with E-state index in [9.17, 15) is 9.90 Å². The second-order valence-electron chi connectivity index (χ2n) is 0.683. The van der Waals surface area contributed by atoms with E-state index in [-0.39, 0.29) is 58.0 Å². The molecule has 0 N–H and O–H groups in total. The maximum absolute atomic E-state index is 9.27. The van der Waals surface area contributed by atoms with Crippen LogP contribution >= 0.6 is 0 Å². The summed E-state index contributed by atoms with van der Waals surface area (Å²) in [4.78, 5) is 9.27. The van der Waals surface area contributed by atoms with Crippen molar-refractivity contribution in [3.8, 4) is 0 Å². The van der Waals surface area contributed by atoms with Gasteiger partial charge < -0.3 is 14.6 Å². The third-order valence-corrected chi connectivity index (χ3v) is 0.262. The van der Waals surface area contributed by atoms with Crippen LogP contribution < -0.4 is 56.5 Å². The van der Waals surface area contributed by atoms with Gasteiger partial charge in [0.05, 0.1) is 0 Å². The molecule has 0 saturated carbocycles. The SMILES string of the molecule is CCOC(=O)[O-].[K+]. The number of rotatable bonds is 1. The summed E-state index contributed by atoms with van der Waals surface area (Å²) in [5, 5.41) is 9.27. The van der Waals surface area contributed by atoms with Crippen molar-refractivity contribution >= 4 is 6.16 Å². The summed E-state index contributed by atoms with van der Waals surface area (Å²) < 4.78 is 3.85. The van der Waals surface area contributed by atoms with Crippen LogP contribution in [0.3, 0.4) is 0 Å². The summed E-state index contributed by atoms with van der Waals surface area (Å²) >= 11 is 0. The van der Waals surface area contributed by atoms with Crippen LogP contribution in [0.2, 0.25) is 0 Å². The predicted octanol–water partition coefficient (Wildman–Crippen LogP) is -3.63. The Morgan fingerprint density at radius 3 is 2.29 bits per heavy atom. The minimum atomic E-state index is -1.46. The van der Waals surface area contributed by atoms with Crippen LogP contribution in [0.25, 0.3) is 0 Å². The molecule has 0 rings (SSSR count). The number of hydrogen-bond acceptors (Lipinski definition) is 3. The third kappa shape index (κ3) is 10.9. The van der Waals surface area contributed by atoms with Crippen LogP contribution in [0.4, 0.5) is 4.79 Å². The van der Waals surface area contributed by atoms with E-state index in [1.165, 1.54) is 0 Å². The van der Waals surface area contributed by atoms with Crippen molar-refractivity contribution in [2.45, 2.75) is 6.92 Å². The van der Waals surface area contributed by atoms with Crippen LogP contribution in [-0.4, -0.2) is 12.8 Å². The van der Waals surface area contributed by atoms with Crippen molar-refractivity contribution in [3.63, 3.8) is 0 Å². The summed E-state index contributed by atoms with van der Waals surface area (Å²) in [6.45, 7) is 1.75. The number of ether oxygens (including phenoxy) is 1. The Kier molecular flexibility index (Phi) is 10.7. The molecule has 0 aliphatic carbocycles. The minimum Gasteiger partial charge on any atom is -0.550 e. The molecular weight excluding hydrogens is 123 g/mol. The van der Waals surface area contributed by atoms with Crippen molar-refractivity contribution in [1.29, 1.82) is 0 Å². The van der Waals surface area contributed by atoms with Crippen molar-refractivity contribution < 1.29 is 66.0 Å². The molecule has 0 aliphatic rings. The molecule has 36 valence electrons. The fraction of sp³-hybridized carbons (Fsp3) is 0.667. The third-order valence-electron chi connectivity index (χ3n) is 0.262. The summed E-state index contributed by atoms with van der Waals surface area (Å²) in [6, 6.07) is 0. The topological polar surface area (TPSA) is 49.4 Å². The monoisotopic (exact) mass is 128 g/mol. The first-order chi connectivity index (χ1) is 2.77. The molecular formula is C3H5KO3. The van der Waals surface area contributed by atoms with Crippen molar-refractivity contribution in [2.24, 2.45) is 0 Å². The molecule has 0 heterocycles. The molecule has 0 spiro atoms. The molecule has 0 bridgehead atoms. The summed E-state index contributed by atoms with van der Waals surface area (Å²) in [7, 11) is 0. The van der Waals surface area contributed by atoms with E-state index in [1.54, 1.807) is 6.92 Å². The Bertz CT molecular complexity index is 54.1.